The van der Waals surface area contributed by atoms with Crippen molar-refractivity contribution in [2.24, 2.45) is 0 Å². The molecule has 0 bridgehead atoms. The molecule has 0 fully saturated rings. The number of hydrogen-bond donors (Lipinski definition) is 0. The number of rotatable bonds is 5. The van der Waals surface area contributed by atoms with Crippen LogP contribution in [0.15, 0.2) is 194 Å². The van der Waals surface area contributed by atoms with Gasteiger partial charge in [0.05, 0.1) is 5.41 Å². The zero-order chi connectivity index (χ0) is 37.1. The van der Waals surface area contributed by atoms with Gasteiger partial charge in [0.25, 0.3) is 0 Å². The molecule has 0 saturated carbocycles. The number of para-hydroxylation sites is 1. The van der Waals surface area contributed by atoms with Crippen LogP contribution in [0, 0.1) is 0 Å². The maximum Gasteiger partial charge on any atom is 0.132 e. The van der Waals surface area contributed by atoms with Crippen molar-refractivity contribution in [2.45, 2.75) is 31.6 Å². The number of hydrogen-bond acceptors (Lipinski definition) is 2. The Morgan fingerprint density at radius 3 is 1.49 bits per heavy atom. The van der Waals surface area contributed by atoms with Crippen LogP contribution in [0.3, 0.4) is 0 Å². The summed E-state index contributed by atoms with van der Waals surface area (Å²) in [7, 11) is 0. The van der Waals surface area contributed by atoms with Gasteiger partial charge in [0.15, 0.2) is 0 Å². The molecule has 0 aromatic heterocycles. The highest BCUT2D eigenvalue weighted by Gasteiger charge is 2.51. The Bertz CT molecular complexity index is 2660. The van der Waals surface area contributed by atoms with E-state index in [9.17, 15) is 0 Å². The molecule has 2 heteroatoms. The molecule has 2 nitrogen and oxygen atoms in total. The van der Waals surface area contributed by atoms with Gasteiger partial charge in [-0.05, 0) is 104 Å². The van der Waals surface area contributed by atoms with Gasteiger partial charge in [0.2, 0.25) is 0 Å². The second-order valence-corrected chi connectivity index (χ2v) is 15.7. The van der Waals surface area contributed by atoms with E-state index in [1.807, 2.05) is 0 Å². The Morgan fingerprint density at radius 1 is 0.382 bits per heavy atom. The molecule has 1 spiro atoms. The second kappa shape index (κ2) is 12.7. The SMILES string of the molecule is CC(C)(C)c1ccccc1-c1ccc(N(c2ccc(-c3ccccc3)cc2)c2ccc3c(c2)C2(c4ccccc4O3)c3ccccc3-c3ccccc32)cc1. The average Bonchev–Trinajstić information content (AvgIpc) is 3.52. The van der Waals surface area contributed by atoms with E-state index < -0.39 is 5.41 Å². The van der Waals surface area contributed by atoms with Gasteiger partial charge < -0.3 is 9.64 Å². The zero-order valence-electron chi connectivity index (χ0n) is 31.3. The standard InChI is InChI=1S/C53H41NO/c1-52(2,3)45-20-10-7-17-42(45)38-27-31-40(32-28-38)54(39-29-25-37(26-30-39)36-15-5-4-6-16-36)41-33-34-51-49(35-41)53(48-23-13-14-24-50(48)55-51)46-21-11-8-18-43(46)44-19-9-12-22-47(44)53/h4-35H,1-3H3. The van der Waals surface area contributed by atoms with Gasteiger partial charge in [0, 0.05) is 28.2 Å². The minimum atomic E-state index is -0.545. The fourth-order valence-electron chi connectivity index (χ4n) is 9.04. The maximum atomic E-state index is 6.79. The van der Waals surface area contributed by atoms with Crippen molar-refractivity contribution in [1.82, 2.24) is 0 Å². The van der Waals surface area contributed by atoms with E-state index in [-0.39, 0.29) is 5.41 Å². The Morgan fingerprint density at radius 2 is 0.855 bits per heavy atom. The molecule has 8 aromatic rings. The molecule has 1 aliphatic heterocycles. The van der Waals surface area contributed by atoms with Crippen molar-refractivity contribution in [2.75, 3.05) is 4.90 Å². The van der Waals surface area contributed by atoms with Gasteiger partial charge in [0.1, 0.15) is 11.5 Å². The summed E-state index contributed by atoms with van der Waals surface area (Å²) in [5.41, 5.74) is 16.3. The molecule has 0 amide bonds. The number of nitrogens with zero attached hydrogens (tertiary/aromatic N) is 1. The first kappa shape index (κ1) is 33.0. The lowest BCUT2D eigenvalue weighted by molar-refractivity contribution is 0.436. The lowest BCUT2D eigenvalue weighted by Crippen LogP contribution is -2.32. The van der Waals surface area contributed by atoms with E-state index in [1.165, 1.54) is 50.1 Å². The summed E-state index contributed by atoms with van der Waals surface area (Å²) < 4.78 is 6.79. The molecule has 10 rings (SSSR count). The van der Waals surface area contributed by atoms with Crippen molar-refractivity contribution in [3.05, 3.63) is 222 Å². The minimum Gasteiger partial charge on any atom is -0.457 e. The first-order valence-electron chi connectivity index (χ1n) is 19.2. The molecule has 2 aliphatic rings. The fraction of sp³-hybridized carbons (Fsp3) is 0.0943. The van der Waals surface area contributed by atoms with Crippen LogP contribution < -0.4 is 9.64 Å². The van der Waals surface area contributed by atoms with E-state index in [1.54, 1.807) is 0 Å². The van der Waals surface area contributed by atoms with Crippen LogP contribution in [0.1, 0.15) is 48.6 Å². The van der Waals surface area contributed by atoms with Crippen LogP contribution in [0.4, 0.5) is 17.1 Å². The lowest BCUT2D eigenvalue weighted by Gasteiger charge is -2.40. The number of fused-ring (bicyclic) bond motifs is 9. The van der Waals surface area contributed by atoms with Crippen LogP contribution in [0.2, 0.25) is 0 Å². The monoisotopic (exact) mass is 707 g/mol. The summed E-state index contributed by atoms with van der Waals surface area (Å²) in [6.07, 6.45) is 0. The molecule has 0 atom stereocenters. The van der Waals surface area contributed by atoms with Crippen molar-refractivity contribution in [3.8, 4) is 44.9 Å². The van der Waals surface area contributed by atoms with Crippen molar-refractivity contribution in [3.63, 3.8) is 0 Å². The largest absolute Gasteiger partial charge is 0.457 e. The Kier molecular flexibility index (Phi) is 7.64. The molecular weight excluding hydrogens is 667 g/mol. The molecule has 1 heterocycles. The summed E-state index contributed by atoms with van der Waals surface area (Å²) in [5.74, 6) is 1.77. The second-order valence-electron chi connectivity index (χ2n) is 15.7. The molecule has 264 valence electrons. The van der Waals surface area contributed by atoms with E-state index in [0.29, 0.717) is 0 Å². The molecule has 55 heavy (non-hydrogen) atoms. The third-order valence-corrected chi connectivity index (χ3v) is 11.5. The van der Waals surface area contributed by atoms with Crippen LogP contribution in [0.5, 0.6) is 11.5 Å². The predicted octanol–water partition coefficient (Wildman–Crippen LogP) is 14.3. The summed E-state index contributed by atoms with van der Waals surface area (Å²) in [4.78, 5) is 2.38. The number of anilines is 3. The van der Waals surface area contributed by atoms with Crippen LogP contribution in [-0.2, 0) is 10.8 Å². The predicted molar refractivity (Wildman–Crippen MR) is 228 cm³/mol. The molecular formula is C53H41NO. The number of benzene rings is 8. The Labute approximate surface area is 324 Å². The minimum absolute atomic E-state index is 0.0268. The first-order valence-corrected chi connectivity index (χ1v) is 19.2. The smallest absolute Gasteiger partial charge is 0.132 e. The van der Waals surface area contributed by atoms with E-state index >= 15 is 0 Å². The quantitative estimate of drug-likeness (QED) is 0.177. The number of ether oxygens (including phenoxy) is 1. The van der Waals surface area contributed by atoms with E-state index in [4.69, 9.17) is 4.74 Å². The molecule has 0 radical (unpaired) electrons. The highest BCUT2D eigenvalue weighted by Crippen LogP contribution is 2.62. The summed E-state index contributed by atoms with van der Waals surface area (Å²) >= 11 is 0. The third-order valence-electron chi connectivity index (χ3n) is 11.5. The first-order chi connectivity index (χ1) is 26.9. The molecule has 8 aromatic carbocycles. The van der Waals surface area contributed by atoms with Gasteiger partial charge in [-0.3, -0.25) is 0 Å². The summed E-state index contributed by atoms with van der Waals surface area (Å²) in [6, 6.07) is 70.5. The van der Waals surface area contributed by atoms with Crippen molar-refractivity contribution < 1.29 is 4.74 Å². The van der Waals surface area contributed by atoms with Crippen LogP contribution in [0.25, 0.3) is 33.4 Å². The average molecular weight is 708 g/mol. The lowest BCUT2D eigenvalue weighted by atomic mass is 9.66. The van der Waals surface area contributed by atoms with Crippen molar-refractivity contribution in [1.29, 1.82) is 0 Å². The summed E-state index contributed by atoms with van der Waals surface area (Å²) in [5, 5.41) is 0. The van der Waals surface area contributed by atoms with Crippen molar-refractivity contribution >= 4 is 17.1 Å². The highest BCUT2D eigenvalue weighted by atomic mass is 16.5. The molecule has 0 N–H and O–H groups in total. The van der Waals surface area contributed by atoms with Gasteiger partial charge in [-0.25, -0.2) is 0 Å². The Balaban J connectivity index is 1.18. The topological polar surface area (TPSA) is 12.5 Å². The van der Waals surface area contributed by atoms with Crippen LogP contribution >= 0.6 is 0 Å². The zero-order valence-corrected chi connectivity index (χ0v) is 31.3. The fourth-order valence-corrected chi connectivity index (χ4v) is 9.04. The molecule has 0 unspecified atom stereocenters. The van der Waals surface area contributed by atoms with Crippen LogP contribution in [-0.4, -0.2) is 0 Å². The maximum absolute atomic E-state index is 6.79. The van der Waals surface area contributed by atoms with Gasteiger partial charge in [-0.2, -0.15) is 0 Å². The van der Waals surface area contributed by atoms with Gasteiger partial charge >= 0.3 is 0 Å². The molecule has 0 saturated heterocycles. The highest BCUT2D eigenvalue weighted by molar-refractivity contribution is 5.90. The Hall–Kier alpha value is -6.64. The van der Waals surface area contributed by atoms with Gasteiger partial charge in [-0.15, -0.1) is 0 Å². The van der Waals surface area contributed by atoms with Gasteiger partial charge in [-0.1, -0.05) is 166 Å². The molecule has 1 aliphatic carbocycles. The normalized spacial score (nSPS) is 13.3. The van der Waals surface area contributed by atoms with E-state index in [0.717, 1.165) is 39.7 Å². The summed E-state index contributed by atoms with van der Waals surface area (Å²) in [6.45, 7) is 6.85. The third kappa shape index (κ3) is 5.24. The van der Waals surface area contributed by atoms with E-state index in [2.05, 4.69) is 220 Å².